The van der Waals surface area contributed by atoms with Gasteiger partial charge in [0, 0.05) is 41.2 Å². The smallest absolute Gasteiger partial charge is 0.268 e. The van der Waals surface area contributed by atoms with Crippen molar-refractivity contribution in [3.63, 3.8) is 0 Å². The zero-order valence-electron chi connectivity index (χ0n) is 24.3. The fraction of sp³-hybridized carbons (Fsp3) is 0.265. The molecular weight excluding hydrogens is 579 g/mol. The number of hydrogen-bond acceptors (Lipinski definition) is 5. The molecule has 1 aliphatic carbocycles. The standard InChI is InChI=1S/C34H30ClFN6O2/c1-20-10-11-22(16-24(20)25-17-26(25)30-19-38-32-9-4-14-39-42(30)32)31(43)8-5-15-41-23(18-37)12-13-29(41)34(44)40-21(2)33-27(35)6-3-7-28(33)36/h3-4,6-7,9-14,16,19,21,25-26H,5,8,15,17H2,1-2H3,(H,40,44)/t21-,25?,26-/m0/s1. The van der Waals surface area contributed by atoms with Gasteiger partial charge in [0.1, 0.15) is 23.3 Å². The van der Waals surface area contributed by atoms with Gasteiger partial charge in [-0.1, -0.05) is 29.8 Å². The topological polar surface area (TPSA) is 105 Å². The number of nitrogens with zero attached hydrogens (tertiary/aromatic N) is 5. The van der Waals surface area contributed by atoms with Gasteiger partial charge in [0.25, 0.3) is 5.91 Å². The molecule has 44 heavy (non-hydrogen) atoms. The summed E-state index contributed by atoms with van der Waals surface area (Å²) in [4.78, 5) is 30.9. The van der Waals surface area contributed by atoms with Gasteiger partial charge in [-0.3, -0.25) is 9.59 Å². The number of ketones is 1. The number of aromatic nitrogens is 4. The largest absolute Gasteiger partial charge is 0.344 e. The molecule has 3 atom stereocenters. The molecule has 1 unspecified atom stereocenters. The van der Waals surface area contributed by atoms with E-state index in [1.54, 1.807) is 35.9 Å². The summed E-state index contributed by atoms with van der Waals surface area (Å²) in [6.45, 7) is 4.01. The zero-order valence-corrected chi connectivity index (χ0v) is 25.1. The summed E-state index contributed by atoms with van der Waals surface area (Å²) >= 11 is 6.17. The first-order chi connectivity index (χ1) is 21.3. The number of Topliss-reactive ketones (excluding diaryl/α,β-unsaturated/α-hetero) is 1. The number of nitrogens with one attached hydrogen (secondary N) is 1. The van der Waals surface area contributed by atoms with Gasteiger partial charge in [-0.2, -0.15) is 10.4 Å². The van der Waals surface area contributed by atoms with E-state index in [0.29, 0.717) is 36.1 Å². The molecule has 1 N–H and O–H groups in total. The van der Waals surface area contributed by atoms with Crippen molar-refractivity contribution in [2.24, 2.45) is 0 Å². The number of nitriles is 1. The molecule has 10 heteroatoms. The maximum absolute atomic E-state index is 14.4. The number of hydrogen-bond donors (Lipinski definition) is 1. The zero-order chi connectivity index (χ0) is 31.0. The lowest BCUT2D eigenvalue weighted by Gasteiger charge is -2.17. The number of carbonyl (C=O) groups is 2. The maximum atomic E-state index is 14.4. The average Bonchev–Trinajstić information content (AvgIpc) is 3.48. The lowest BCUT2D eigenvalue weighted by molar-refractivity contribution is 0.0929. The minimum atomic E-state index is -0.697. The van der Waals surface area contributed by atoms with Crippen molar-refractivity contribution in [3.8, 4) is 6.07 Å². The van der Waals surface area contributed by atoms with Crippen molar-refractivity contribution in [1.82, 2.24) is 24.5 Å². The molecule has 2 aromatic carbocycles. The number of halogens is 2. The van der Waals surface area contributed by atoms with E-state index in [9.17, 15) is 19.2 Å². The second-order valence-electron chi connectivity index (χ2n) is 11.2. The SMILES string of the molecule is Cc1ccc(C(=O)CCCn2c(C#N)ccc2C(=O)N[C@@H](C)c2c(F)cccc2Cl)cc1C1C[C@@H]1c1cnc2cccnn12. The van der Waals surface area contributed by atoms with Crippen molar-refractivity contribution < 1.29 is 14.0 Å². The Bertz CT molecular complexity index is 1920. The molecule has 0 bridgehead atoms. The van der Waals surface area contributed by atoms with Gasteiger partial charge in [-0.05, 0) is 86.2 Å². The van der Waals surface area contributed by atoms with E-state index in [-0.39, 0.29) is 28.5 Å². The molecule has 222 valence electrons. The summed E-state index contributed by atoms with van der Waals surface area (Å²) in [6.07, 6.45) is 5.29. The van der Waals surface area contributed by atoms with E-state index in [2.05, 4.69) is 28.4 Å². The summed E-state index contributed by atoms with van der Waals surface area (Å²) in [6, 6.07) is 18.6. The van der Waals surface area contributed by atoms with Crippen LogP contribution in [0.25, 0.3) is 5.65 Å². The Morgan fingerprint density at radius 3 is 2.80 bits per heavy atom. The fourth-order valence-electron chi connectivity index (χ4n) is 5.99. The Morgan fingerprint density at radius 1 is 1.16 bits per heavy atom. The van der Waals surface area contributed by atoms with E-state index >= 15 is 0 Å². The Balaban J connectivity index is 1.11. The van der Waals surface area contributed by atoms with Gasteiger partial charge >= 0.3 is 0 Å². The van der Waals surface area contributed by atoms with Gasteiger partial charge < -0.3 is 9.88 Å². The minimum absolute atomic E-state index is 0.000554. The van der Waals surface area contributed by atoms with Crippen molar-refractivity contribution in [2.45, 2.75) is 57.5 Å². The summed E-state index contributed by atoms with van der Waals surface area (Å²) in [5.74, 6) is -0.387. The average molecular weight is 609 g/mol. The minimum Gasteiger partial charge on any atom is -0.344 e. The van der Waals surface area contributed by atoms with E-state index < -0.39 is 17.8 Å². The number of benzene rings is 2. The first kappa shape index (κ1) is 29.3. The van der Waals surface area contributed by atoms with Crippen LogP contribution in [0.3, 0.4) is 0 Å². The molecule has 0 radical (unpaired) electrons. The van der Waals surface area contributed by atoms with Crippen LogP contribution in [0.4, 0.5) is 4.39 Å². The van der Waals surface area contributed by atoms with Crippen LogP contribution in [0.1, 0.15) is 93.0 Å². The predicted octanol–water partition coefficient (Wildman–Crippen LogP) is 6.93. The molecule has 3 heterocycles. The molecule has 5 aromatic rings. The summed E-state index contributed by atoms with van der Waals surface area (Å²) < 4.78 is 17.9. The lowest BCUT2D eigenvalue weighted by Crippen LogP contribution is -2.29. The van der Waals surface area contributed by atoms with Gasteiger partial charge in [0.15, 0.2) is 11.4 Å². The number of carbonyl (C=O) groups excluding carboxylic acids is 2. The fourth-order valence-corrected chi connectivity index (χ4v) is 6.32. The highest BCUT2D eigenvalue weighted by atomic mass is 35.5. The van der Waals surface area contributed by atoms with Crippen molar-refractivity contribution in [3.05, 3.63) is 123 Å². The molecule has 1 aliphatic rings. The normalized spacial score (nSPS) is 16.4. The van der Waals surface area contributed by atoms with E-state index in [1.165, 1.54) is 12.1 Å². The van der Waals surface area contributed by atoms with Gasteiger partial charge in [0.05, 0.1) is 17.9 Å². The van der Waals surface area contributed by atoms with Crippen LogP contribution < -0.4 is 5.32 Å². The Hall–Kier alpha value is -4.81. The van der Waals surface area contributed by atoms with Gasteiger partial charge in [-0.15, -0.1) is 0 Å². The monoisotopic (exact) mass is 608 g/mol. The Morgan fingerprint density at radius 2 is 2.00 bits per heavy atom. The summed E-state index contributed by atoms with van der Waals surface area (Å²) in [5.41, 5.74) is 5.60. The molecule has 3 aromatic heterocycles. The molecule has 1 saturated carbocycles. The second-order valence-corrected chi connectivity index (χ2v) is 11.6. The van der Waals surface area contributed by atoms with Crippen LogP contribution in [0.5, 0.6) is 0 Å². The quantitative estimate of drug-likeness (QED) is 0.173. The molecule has 1 fully saturated rings. The number of rotatable bonds is 10. The number of amides is 1. The summed E-state index contributed by atoms with van der Waals surface area (Å²) in [5, 5.41) is 17.1. The Labute approximate surface area is 259 Å². The van der Waals surface area contributed by atoms with Gasteiger partial charge in [-0.25, -0.2) is 13.9 Å². The van der Waals surface area contributed by atoms with E-state index in [1.807, 2.05) is 41.0 Å². The van der Waals surface area contributed by atoms with Crippen LogP contribution >= 0.6 is 11.6 Å². The third-order valence-electron chi connectivity index (χ3n) is 8.37. The molecule has 6 rings (SSSR count). The third kappa shape index (κ3) is 5.61. The van der Waals surface area contributed by atoms with Crippen LogP contribution in [0, 0.1) is 24.1 Å². The molecule has 0 aliphatic heterocycles. The lowest BCUT2D eigenvalue weighted by atomic mass is 9.96. The molecule has 0 saturated heterocycles. The highest BCUT2D eigenvalue weighted by Gasteiger charge is 2.42. The van der Waals surface area contributed by atoms with Crippen molar-refractivity contribution in [2.75, 3.05) is 0 Å². The van der Waals surface area contributed by atoms with E-state index in [4.69, 9.17) is 11.6 Å². The molecule has 8 nitrogen and oxygen atoms in total. The van der Waals surface area contributed by atoms with Gasteiger partial charge in [0.2, 0.25) is 0 Å². The summed E-state index contributed by atoms with van der Waals surface area (Å²) in [7, 11) is 0. The van der Waals surface area contributed by atoms with Crippen LogP contribution in [-0.2, 0) is 6.54 Å². The Kier molecular flexibility index (Phi) is 8.02. The van der Waals surface area contributed by atoms with Crippen LogP contribution in [0.15, 0.2) is 73.1 Å². The second kappa shape index (κ2) is 12.1. The number of imidazole rings is 1. The van der Waals surface area contributed by atoms with Crippen LogP contribution in [0.2, 0.25) is 5.02 Å². The highest BCUT2D eigenvalue weighted by molar-refractivity contribution is 6.31. The molecular formula is C34H30ClFN6O2. The first-order valence-electron chi connectivity index (χ1n) is 14.5. The number of fused-ring (bicyclic) bond motifs is 1. The predicted molar refractivity (Wildman–Crippen MR) is 164 cm³/mol. The first-order valence-corrected chi connectivity index (χ1v) is 14.9. The molecule has 1 amide bonds. The van der Waals surface area contributed by atoms with Crippen molar-refractivity contribution in [1.29, 1.82) is 5.26 Å². The maximum Gasteiger partial charge on any atom is 0.268 e. The third-order valence-corrected chi connectivity index (χ3v) is 8.70. The van der Waals surface area contributed by atoms with Crippen molar-refractivity contribution >= 4 is 28.9 Å². The van der Waals surface area contributed by atoms with Crippen LogP contribution in [-0.4, -0.2) is 30.9 Å². The molecule has 0 spiro atoms. The highest BCUT2D eigenvalue weighted by Crippen LogP contribution is 2.55. The number of aryl methyl sites for hydroxylation is 1. The van der Waals surface area contributed by atoms with E-state index in [0.717, 1.165) is 28.9 Å².